The normalized spacial score (nSPS) is 15.2. The Morgan fingerprint density at radius 2 is 1.43 bits per heavy atom. The molecule has 160 valence electrons. The molecule has 0 aromatic heterocycles. The number of benzene rings is 2. The first-order chi connectivity index (χ1) is 14.2. The summed E-state index contributed by atoms with van der Waals surface area (Å²) in [5.41, 5.74) is 0.578. The van der Waals surface area contributed by atoms with Crippen LogP contribution >= 0.6 is 0 Å². The van der Waals surface area contributed by atoms with Crippen molar-refractivity contribution in [2.45, 2.75) is 51.6 Å². The molecule has 3 rings (SSSR count). The van der Waals surface area contributed by atoms with Crippen molar-refractivity contribution < 1.29 is 23.8 Å². The van der Waals surface area contributed by atoms with Crippen molar-refractivity contribution in [3.8, 4) is 0 Å². The minimum absolute atomic E-state index is 0.0754. The van der Waals surface area contributed by atoms with E-state index in [1.807, 2.05) is 81.4 Å². The van der Waals surface area contributed by atoms with Crippen molar-refractivity contribution in [1.82, 2.24) is 4.90 Å². The molecule has 1 saturated heterocycles. The lowest BCUT2D eigenvalue weighted by Gasteiger charge is -2.48. The van der Waals surface area contributed by atoms with Crippen LogP contribution < -0.4 is 0 Å². The van der Waals surface area contributed by atoms with Crippen LogP contribution in [0.15, 0.2) is 60.7 Å². The fraction of sp³-hybridized carbons (Fsp3) is 0.417. The SMILES string of the molecule is CC(C)(C)OC(=O)N1CC(CC(=O)OCc2ccccc2)(OCc2ccccc2)C1. The number of likely N-dealkylation sites (tertiary alicyclic amines) is 1. The van der Waals surface area contributed by atoms with E-state index < -0.39 is 17.3 Å². The van der Waals surface area contributed by atoms with Crippen molar-refractivity contribution in [3.63, 3.8) is 0 Å². The zero-order valence-electron chi connectivity index (χ0n) is 17.8. The Labute approximate surface area is 177 Å². The molecule has 0 saturated carbocycles. The van der Waals surface area contributed by atoms with Gasteiger partial charge in [0.05, 0.1) is 26.1 Å². The van der Waals surface area contributed by atoms with Gasteiger partial charge in [0.2, 0.25) is 0 Å². The van der Waals surface area contributed by atoms with Crippen molar-refractivity contribution in [2.24, 2.45) is 0 Å². The molecule has 1 fully saturated rings. The smallest absolute Gasteiger partial charge is 0.410 e. The predicted molar refractivity (Wildman–Crippen MR) is 113 cm³/mol. The van der Waals surface area contributed by atoms with Gasteiger partial charge in [0.25, 0.3) is 0 Å². The predicted octanol–water partition coefficient (Wildman–Crippen LogP) is 4.33. The van der Waals surface area contributed by atoms with E-state index in [1.54, 1.807) is 4.90 Å². The highest BCUT2D eigenvalue weighted by Gasteiger charge is 2.49. The number of hydrogen-bond donors (Lipinski definition) is 0. The van der Waals surface area contributed by atoms with Crippen LogP contribution in [0.1, 0.15) is 38.3 Å². The second kappa shape index (κ2) is 9.30. The molecule has 0 spiro atoms. The molecule has 0 N–H and O–H groups in total. The molecular weight excluding hydrogens is 382 g/mol. The third-order valence-corrected chi connectivity index (χ3v) is 4.71. The third kappa shape index (κ3) is 6.32. The number of hydrogen-bond acceptors (Lipinski definition) is 5. The molecule has 30 heavy (non-hydrogen) atoms. The lowest BCUT2D eigenvalue weighted by atomic mass is 9.90. The zero-order chi connectivity index (χ0) is 21.6. The summed E-state index contributed by atoms with van der Waals surface area (Å²) in [7, 11) is 0. The van der Waals surface area contributed by atoms with E-state index in [9.17, 15) is 9.59 Å². The van der Waals surface area contributed by atoms with Crippen molar-refractivity contribution in [2.75, 3.05) is 13.1 Å². The number of carbonyl (C=O) groups is 2. The Bertz CT molecular complexity index is 839. The zero-order valence-corrected chi connectivity index (χ0v) is 17.8. The highest BCUT2D eigenvalue weighted by molar-refractivity contribution is 5.74. The number of ether oxygens (including phenoxy) is 3. The number of nitrogens with zero attached hydrogens (tertiary/aromatic N) is 1. The van der Waals surface area contributed by atoms with Crippen molar-refractivity contribution in [1.29, 1.82) is 0 Å². The van der Waals surface area contributed by atoms with Gasteiger partial charge in [0.15, 0.2) is 0 Å². The second-order valence-corrected chi connectivity index (χ2v) is 8.62. The Hall–Kier alpha value is -2.86. The molecule has 0 aliphatic carbocycles. The van der Waals surface area contributed by atoms with E-state index >= 15 is 0 Å². The first kappa shape index (κ1) is 21.8. The summed E-state index contributed by atoms with van der Waals surface area (Å²) in [6.45, 7) is 6.61. The van der Waals surface area contributed by atoms with E-state index in [0.717, 1.165) is 11.1 Å². The molecule has 1 aliphatic heterocycles. The van der Waals surface area contributed by atoms with Gasteiger partial charge in [-0.15, -0.1) is 0 Å². The van der Waals surface area contributed by atoms with Crippen molar-refractivity contribution in [3.05, 3.63) is 71.8 Å². The fourth-order valence-electron chi connectivity index (χ4n) is 3.22. The maximum Gasteiger partial charge on any atom is 0.410 e. The third-order valence-electron chi connectivity index (χ3n) is 4.71. The van der Waals surface area contributed by atoms with Crippen LogP contribution in [0.4, 0.5) is 4.79 Å². The number of amides is 1. The fourth-order valence-corrected chi connectivity index (χ4v) is 3.22. The largest absolute Gasteiger partial charge is 0.461 e. The summed E-state index contributed by atoms with van der Waals surface area (Å²) in [5, 5.41) is 0. The molecule has 0 radical (unpaired) electrons. The van der Waals surface area contributed by atoms with E-state index in [4.69, 9.17) is 14.2 Å². The molecule has 2 aromatic rings. The summed E-state index contributed by atoms with van der Waals surface area (Å²) in [6, 6.07) is 19.3. The summed E-state index contributed by atoms with van der Waals surface area (Å²) >= 11 is 0. The standard InChI is InChI=1S/C24H29NO5/c1-23(2,3)30-22(27)25-17-24(18-25,29-16-20-12-8-5-9-13-20)14-21(26)28-15-19-10-6-4-7-11-19/h4-13H,14-18H2,1-3H3. The maximum atomic E-state index is 12.5. The first-order valence-corrected chi connectivity index (χ1v) is 10.1. The van der Waals surface area contributed by atoms with Gasteiger partial charge in [0, 0.05) is 0 Å². The molecule has 1 amide bonds. The number of esters is 1. The van der Waals surface area contributed by atoms with E-state index in [1.165, 1.54) is 0 Å². The maximum absolute atomic E-state index is 12.5. The highest BCUT2D eigenvalue weighted by Crippen LogP contribution is 2.32. The van der Waals surface area contributed by atoms with E-state index in [0.29, 0.717) is 6.61 Å². The van der Waals surface area contributed by atoms with Crippen LogP contribution in [0.5, 0.6) is 0 Å². The van der Waals surface area contributed by atoms with Crippen LogP contribution in [-0.2, 0) is 32.2 Å². The van der Waals surface area contributed by atoms with Crippen LogP contribution in [0, 0.1) is 0 Å². The molecule has 0 atom stereocenters. The Kier molecular flexibility index (Phi) is 6.77. The summed E-state index contributed by atoms with van der Waals surface area (Å²) in [5.74, 6) is -0.351. The summed E-state index contributed by atoms with van der Waals surface area (Å²) < 4.78 is 17.0. The molecule has 6 heteroatoms. The van der Waals surface area contributed by atoms with Gasteiger partial charge in [-0.2, -0.15) is 0 Å². The topological polar surface area (TPSA) is 65.1 Å². The van der Waals surface area contributed by atoms with Gasteiger partial charge in [-0.25, -0.2) is 4.79 Å². The molecule has 1 heterocycles. The van der Waals surface area contributed by atoms with E-state index in [2.05, 4.69) is 0 Å². The van der Waals surface area contributed by atoms with Gasteiger partial charge in [-0.05, 0) is 31.9 Å². The summed E-state index contributed by atoms with van der Waals surface area (Å²) in [6.07, 6.45) is -0.328. The molecule has 0 unspecified atom stereocenters. The summed E-state index contributed by atoms with van der Waals surface area (Å²) in [4.78, 5) is 26.4. The lowest BCUT2D eigenvalue weighted by Crippen LogP contribution is -2.66. The van der Waals surface area contributed by atoms with Gasteiger partial charge in [-0.1, -0.05) is 60.7 Å². The van der Waals surface area contributed by atoms with Crippen LogP contribution in [0.3, 0.4) is 0 Å². The minimum atomic E-state index is -0.777. The van der Waals surface area contributed by atoms with Crippen LogP contribution in [-0.4, -0.2) is 41.3 Å². The van der Waals surface area contributed by atoms with Crippen LogP contribution in [0.2, 0.25) is 0 Å². The molecule has 2 aromatic carbocycles. The number of carbonyl (C=O) groups excluding carboxylic acids is 2. The van der Waals surface area contributed by atoms with Gasteiger partial charge in [-0.3, -0.25) is 4.79 Å². The monoisotopic (exact) mass is 411 g/mol. The number of rotatable bonds is 7. The van der Waals surface area contributed by atoms with Gasteiger partial charge >= 0.3 is 12.1 Å². The molecule has 0 bridgehead atoms. The van der Waals surface area contributed by atoms with Gasteiger partial charge < -0.3 is 19.1 Å². The van der Waals surface area contributed by atoms with Crippen LogP contribution in [0.25, 0.3) is 0 Å². The lowest BCUT2D eigenvalue weighted by molar-refractivity contribution is -0.175. The van der Waals surface area contributed by atoms with Gasteiger partial charge in [0.1, 0.15) is 17.8 Å². The quantitative estimate of drug-likeness (QED) is 0.635. The Morgan fingerprint density at radius 1 is 0.900 bits per heavy atom. The Balaban J connectivity index is 1.60. The average molecular weight is 411 g/mol. The second-order valence-electron chi connectivity index (χ2n) is 8.62. The average Bonchev–Trinajstić information content (AvgIpc) is 2.68. The van der Waals surface area contributed by atoms with Crippen molar-refractivity contribution >= 4 is 12.1 Å². The minimum Gasteiger partial charge on any atom is -0.461 e. The Morgan fingerprint density at radius 3 is 1.97 bits per heavy atom. The van der Waals surface area contributed by atoms with E-state index in [-0.39, 0.29) is 32.1 Å². The first-order valence-electron chi connectivity index (χ1n) is 10.1. The molecule has 1 aliphatic rings. The molecular formula is C24H29NO5. The molecule has 6 nitrogen and oxygen atoms in total. The highest BCUT2D eigenvalue weighted by atomic mass is 16.6.